The molecule has 0 amide bonds. The van der Waals surface area contributed by atoms with Gasteiger partial charge in [-0.2, -0.15) is 0 Å². The van der Waals surface area contributed by atoms with Crippen LogP contribution < -0.4 is 5.32 Å². The third kappa shape index (κ3) is 4.18. The molecule has 0 aromatic carbocycles. The van der Waals surface area contributed by atoms with E-state index in [4.69, 9.17) is 9.47 Å². The first kappa shape index (κ1) is 12.5. The van der Waals surface area contributed by atoms with Crippen molar-refractivity contribution < 1.29 is 14.3 Å². The van der Waals surface area contributed by atoms with E-state index in [9.17, 15) is 4.79 Å². The lowest BCUT2D eigenvalue weighted by Crippen LogP contribution is -2.45. The highest BCUT2D eigenvalue weighted by atomic mass is 16.5. The van der Waals surface area contributed by atoms with Crippen LogP contribution in [0.1, 0.15) is 32.6 Å². The summed E-state index contributed by atoms with van der Waals surface area (Å²) in [6.45, 7) is 2.55. The molecule has 1 fully saturated rings. The van der Waals surface area contributed by atoms with Crippen LogP contribution in [0.4, 0.5) is 0 Å². The maximum absolute atomic E-state index is 11.2. The number of nitrogens with one attached hydrogen (secondary N) is 1. The van der Waals surface area contributed by atoms with Gasteiger partial charge in [-0.1, -0.05) is 12.8 Å². The normalized spacial score (nSPS) is 26.3. The summed E-state index contributed by atoms with van der Waals surface area (Å²) in [5.74, 6) is -0.182. The van der Waals surface area contributed by atoms with E-state index in [0.717, 1.165) is 12.8 Å². The average molecular weight is 215 g/mol. The van der Waals surface area contributed by atoms with Gasteiger partial charge in [-0.05, 0) is 19.8 Å². The third-order valence-electron chi connectivity index (χ3n) is 2.82. The molecular weight excluding hydrogens is 194 g/mol. The molecule has 0 bridgehead atoms. The lowest BCUT2D eigenvalue weighted by Gasteiger charge is -2.30. The van der Waals surface area contributed by atoms with Gasteiger partial charge in [0.25, 0.3) is 0 Å². The molecule has 0 aromatic rings. The number of rotatable bonds is 5. The van der Waals surface area contributed by atoms with Crippen LogP contribution >= 0.6 is 0 Å². The van der Waals surface area contributed by atoms with Crippen molar-refractivity contribution in [3.05, 3.63) is 0 Å². The largest absolute Gasteiger partial charge is 0.465 e. The fraction of sp³-hybridized carbons (Fsp3) is 0.909. The zero-order chi connectivity index (χ0) is 11.1. The van der Waals surface area contributed by atoms with Crippen LogP contribution in [0.5, 0.6) is 0 Å². The lowest BCUT2D eigenvalue weighted by molar-refractivity contribution is -0.142. The van der Waals surface area contributed by atoms with Crippen LogP contribution in [0.25, 0.3) is 0 Å². The smallest absolute Gasteiger partial charge is 0.319 e. The van der Waals surface area contributed by atoms with Crippen LogP contribution in [-0.2, 0) is 14.3 Å². The molecule has 0 heterocycles. The van der Waals surface area contributed by atoms with Gasteiger partial charge in [-0.25, -0.2) is 0 Å². The van der Waals surface area contributed by atoms with Crippen molar-refractivity contribution in [3.63, 3.8) is 0 Å². The Kier molecular flexibility index (Phi) is 5.65. The minimum atomic E-state index is -0.182. The molecule has 1 aliphatic carbocycles. The minimum Gasteiger partial charge on any atom is -0.465 e. The van der Waals surface area contributed by atoms with Gasteiger partial charge in [-0.15, -0.1) is 0 Å². The van der Waals surface area contributed by atoms with E-state index in [2.05, 4.69) is 5.32 Å². The first-order valence-corrected chi connectivity index (χ1v) is 5.69. The second-order valence-corrected chi connectivity index (χ2v) is 3.85. The molecule has 4 nitrogen and oxygen atoms in total. The van der Waals surface area contributed by atoms with Crippen molar-refractivity contribution in [2.45, 2.75) is 44.8 Å². The van der Waals surface area contributed by atoms with Crippen LogP contribution in [0.15, 0.2) is 0 Å². The second-order valence-electron chi connectivity index (χ2n) is 3.85. The van der Waals surface area contributed by atoms with Gasteiger partial charge < -0.3 is 14.8 Å². The van der Waals surface area contributed by atoms with E-state index in [-0.39, 0.29) is 12.1 Å². The van der Waals surface area contributed by atoms with Gasteiger partial charge >= 0.3 is 5.97 Å². The highest BCUT2D eigenvalue weighted by molar-refractivity contribution is 5.71. The number of methoxy groups -OCH3 is 1. The van der Waals surface area contributed by atoms with Crippen LogP contribution in [-0.4, -0.2) is 38.4 Å². The Morgan fingerprint density at radius 3 is 2.80 bits per heavy atom. The van der Waals surface area contributed by atoms with Gasteiger partial charge in [0.1, 0.15) is 0 Å². The van der Waals surface area contributed by atoms with Crippen molar-refractivity contribution in [3.8, 4) is 0 Å². The molecule has 0 aromatic heterocycles. The Balaban J connectivity index is 2.26. The van der Waals surface area contributed by atoms with Gasteiger partial charge in [0.05, 0.1) is 19.3 Å². The SMILES string of the molecule is CCOC(=O)CNC1CCCCC1OC. The number of carbonyl (C=O) groups excluding carboxylic acids is 1. The highest BCUT2D eigenvalue weighted by Gasteiger charge is 2.24. The Morgan fingerprint density at radius 1 is 1.40 bits per heavy atom. The second kappa shape index (κ2) is 6.80. The molecule has 1 saturated carbocycles. The van der Waals surface area contributed by atoms with Crippen LogP contribution in [0.3, 0.4) is 0 Å². The molecule has 1 rings (SSSR count). The highest BCUT2D eigenvalue weighted by Crippen LogP contribution is 2.20. The Labute approximate surface area is 91.3 Å². The molecule has 0 spiro atoms. The predicted molar refractivity (Wildman–Crippen MR) is 57.7 cm³/mol. The summed E-state index contributed by atoms with van der Waals surface area (Å²) in [5.41, 5.74) is 0. The molecule has 4 heteroatoms. The third-order valence-corrected chi connectivity index (χ3v) is 2.82. The zero-order valence-electron chi connectivity index (χ0n) is 9.62. The lowest BCUT2D eigenvalue weighted by atomic mass is 9.92. The summed E-state index contributed by atoms with van der Waals surface area (Å²) in [7, 11) is 1.73. The first-order valence-electron chi connectivity index (χ1n) is 5.69. The fourth-order valence-electron chi connectivity index (χ4n) is 2.04. The van der Waals surface area contributed by atoms with Gasteiger partial charge in [0.2, 0.25) is 0 Å². The fourth-order valence-corrected chi connectivity index (χ4v) is 2.04. The van der Waals surface area contributed by atoms with Crippen LogP contribution in [0, 0.1) is 0 Å². The Hall–Kier alpha value is -0.610. The molecule has 1 N–H and O–H groups in total. The van der Waals surface area contributed by atoms with Gasteiger partial charge in [-0.3, -0.25) is 4.79 Å². The van der Waals surface area contributed by atoms with Crippen molar-refractivity contribution in [2.24, 2.45) is 0 Å². The summed E-state index contributed by atoms with van der Waals surface area (Å²) < 4.78 is 10.2. The summed E-state index contributed by atoms with van der Waals surface area (Å²) >= 11 is 0. The van der Waals surface area contributed by atoms with E-state index in [1.54, 1.807) is 7.11 Å². The zero-order valence-corrected chi connectivity index (χ0v) is 9.62. The van der Waals surface area contributed by atoms with Crippen molar-refractivity contribution in [1.29, 1.82) is 0 Å². The number of esters is 1. The molecule has 0 radical (unpaired) electrons. The number of ether oxygens (including phenoxy) is 2. The summed E-state index contributed by atoms with van der Waals surface area (Å²) in [5, 5.41) is 3.21. The predicted octanol–water partition coefficient (Wildman–Crippen LogP) is 1.10. The van der Waals surface area contributed by atoms with Gasteiger partial charge in [0, 0.05) is 13.2 Å². The number of carbonyl (C=O) groups is 1. The summed E-state index contributed by atoms with van der Waals surface area (Å²) in [6, 6.07) is 0.299. The first-order chi connectivity index (χ1) is 7.27. The number of hydrogen-bond acceptors (Lipinski definition) is 4. The van der Waals surface area contributed by atoms with Crippen molar-refractivity contribution in [1.82, 2.24) is 5.32 Å². The minimum absolute atomic E-state index is 0.182. The Morgan fingerprint density at radius 2 is 2.13 bits per heavy atom. The van der Waals surface area contributed by atoms with Crippen molar-refractivity contribution in [2.75, 3.05) is 20.3 Å². The van der Waals surface area contributed by atoms with Crippen molar-refractivity contribution >= 4 is 5.97 Å². The van der Waals surface area contributed by atoms with E-state index >= 15 is 0 Å². The van der Waals surface area contributed by atoms with E-state index in [1.807, 2.05) is 6.92 Å². The standard InChI is InChI=1S/C11H21NO3/c1-3-15-11(13)8-12-9-6-4-5-7-10(9)14-2/h9-10,12H,3-8H2,1-2H3. The topological polar surface area (TPSA) is 47.6 Å². The Bertz CT molecular complexity index is 196. The molecule has 2 atom stereocenters. The molecular formula is C11H21NO3. The molecule has 1 aliphatic rings. The molecule has 88 valence electrons. The molecule has 2 unspecified atom stereocenters. The molecule has 15 heavy (non-hydrogen) atoms. The van der Waals surface area contributed by atoms with Gasteiger partial charge in [0.15, 0.2) is 0 Å². The quantitative estimate of drug-likeness (QED) is 0.698. The maximum Gasteiger partial charge on any atom is 0.319 e. The maximum atomic E-state index is 11.2. The monoisotopic (exact) mass is 215 g/mol. The summed E-state index contributed by atoms with van der Waals surface area (Å²) in [4.78, 5) is 11.2. The van der Waals surface area contributed by atoms with E-state index in [1.165, 1.54) is 12.8 Å². The molecule has 0 aliphatic heterocycles. The number of hydrogen-bond donors (Lipinski definition) is 1. The van der Waals surface area contributed by atoms with E-state index < -0.39 is 0 Å². The molecule has 0 saturated heterocycles. The van der Waals surface area contributed by atoms with E-state index in [0.29, 0.717) is 19.2 Å². The summed E-state index contributed by atoms with van der Waals surface area (Å²) in [6.07, 6.45) is 4.83. The average Bonchev–Trinajstić information content (AvgIpc) is 2.27. The van der Waals surface area contributed by atoms with Crippen LogP contribution in [0.2, 0.25) is 0 Å².